The van der Waals surface area contributed by atoms with Crippen molar-refractivity contribution >= 4 is 10.0 Å². The van der Waals surface area contributed by atoms with Crippen molar-refractivity contribution < 1.29 is 18.0 Å². The van der Waals surface area contributed by atoms with E-state index in [9.17, 15) is 8.42 Å². The Labute approximate surface area is 104 Å². The highest BCUT2D eigenvalue weighted by Gasteiger charge is 2.13. The maximum atomic E-state index is 11.8. The number of phenolic OH excluding ortho intramolecular Hbond substituents is 1. The number of sulfonamides is 1. The average Bonchev–Trinajstić information content (AvgIpc) is 2.82. The number of aromatic nitrogens is 2. The van der Waals surface area contributed by atoms with Gasteiger partial charge in [-0.2, -0.15) is 4.98 Å². The van der Waals surface area contributed by atoms with E-state index in [0.717, 1.165) is 0 Å². The maximum Gasteiger partial charge on any atom is 0.240 e. The van der Waals surface area contributed by atoms with E-state index in [-0.39, 0.29) is 17.2 Å². The minimum absolute atomic E-state index is 0.0146. The third-order valence-corrected chi connectivity index (χ3v) is 3.67. The van der Waals surface area contributed by atoms with Crippen LogP contribution in [0.2, 0.25) is 0 Å². The van der Waals surface area contributed by atoms with E-state index in [4.69, 9.17) is 5.11 Å². The summed E-state index contributed by atoms with van der Waals surface area (Å²) in [6.45, 7) is 0.169. The fraction of sp³-hybridized carbons (Fsp3) is 0.200. The summed E-state index contributed by atoms with van der Waals surface area (Å²) in [6, 6.07) is 5.28. The Morgan fingerprint density at radius 2 is 2.00 bits per heavy atom. The van der Waals surface area contributed by atoms with Crippen LogP contribution in [0.5, 0.6) is 5.75 Å². The van der Waals surface area contributed by atoms with Gasteiger partial charge in [-0.1, -0.05) is 5.16 Å². The first-order valence-corrected chi connectivity index (χ1v) is 6.60. The molecule has 96 valence electrons. The average molecular weight is 269 g/mol. The molecule has 0 saturated carbocycles. The zero-order chi connectivity index (χ0) is 13.0. The van der Waals surface area contributed by atoms with Crippen LogP contribution >= 0.6 is 0 Å². The Hall–Kier alpha value is -1.93. The second kappa shape index (κ2) is 5.15. The molecule has 0 spiro atoms. The fourth-order valence-electron chi connectivity index (χ4n) is 1.31. The number of rotatable bonds is 5. The fourth-order valence-corrected chi connectivity index (χ4v) is 2.34. The molecule has 1 aromatic carbocycles. The van der Waals surface area contributed by atoms with Crippen LogP contribution in [0, 0.1) is 0 Å². The van der Waals surface area contributed by atoms with Gasteiger partial charge in [-0.3, -0.25) is 0 Å². The van der Waals surface area contributed by atoms with Gasteiger partial charge in [-0.25, -0.2) is 13.1 Å². The maximum absolute atomic E-state index is 11.8. The number of nitrogens with one attached hydrogen (secondary N) is 1. The van der Waals surface area contributed by atoms with Gasteiger partial charge in [0.15, 0.2) is 5.82 Å². The summed E-state index contributed by atoms with van der Waals surface area (Å²) < 4.78 is 30.6. The molecular weight excluding hydrogens is 258 g/mol. The van der Waals surface area contributed by atoms with Crippen molar-refractivity contribution in [1.29, 1.82) is 0 Å². The van der Waals surface area contributed by atoms with E-state index in [0.29, 0.717) is 12.2 Å². The van der Waals surface area contributed by atoms with Crippen molar-refractivity contribution in [3.8, 4) is 5.75 Å². The number of nitrogens with zero attached hydrogens (tertiary/aromatic N) is 2. The van der Waals surface area contributed by atoms with Crippen LogP contribution in [0.3, 0.4) is 0 Å². The molecule has 0 saturated heterocycles. The van der Waals surface area contributed by atoms with Crippen LogP contribution in [0.25, 0.3) is 0 Å². The highest BCUT2D eigenvalue weighted by Crippen LogP contribution is 2.13. The largest absolute Gasteiger partial charge is 0.508 e. The van der Waals surface area contributed by atoms with E-state index in [2.05, 4.69) is 19.4 Å². The molecular formula is C10H11N3O4S. The Morgan fingerprint density at radius 3 is 2.61 bits per heavy atom. The first kappa shape index (κ1) is 12.5. The molecule has 7 nitrogen and oxygen atoms in total. The minimum atomic E-state index is -3.58. The van der Waals surface area contributed by atoms with E-state index in [1.54, 1.807) is 0 Å². The summed E-state index contributed by atoms with van der Waals surface area (Å²) in [5, 5.41) is 12.6. The van der Waals surface area contributed by atoms with E-state index in [1.165, 1.54) is 30.7 Å². The SMILES string of the molecule is O=S(=O)(NCCc1ncon1)c1ccc(O)cc1. The number of benzene rings is 1. The highest BCUT2D eigenvalue weighted by atomic mass is 32.2. The van der Waals surface area contributed by atoms with Crippen LogP contribution in [0.4, 0.5) is 0 Å². The van der Waals surface area contributed by atoms with Crippen molar-refractivity contribution in [2.45, 2.75) is 11.3 Å². The Balaban J connectivity index is 1.97. The van der Waals surface area contributed by atoms with E-state index < -0.39 is 10.0 Å². The van der Waals surface area contributed by atoms with Crippen LogP contribution in [0.1, 0.15) is 5.82 Å². The van der Waals surface area contributed by atoms with Crippen LogP contribution in [-0.2, 0) is 16.4 Å². The lowest BCUT2D eigenvalue weighted by atomic mass is 10.3. The number of hydrogen-bond donors (Lipinski definition) is 2. The summed E-state index contributed by atoms with van der Waals surface area (Å²) in [6.07, 6.45) is 1.53. The second-order valence-electron chi connectivity index (χ2n) is 3.49. The molecule has 2 rings (SSSR count). The third-order valence-electron chi connectivity index (χ3n) is 2.19. The molecule has 0 aliphatic carbocycles. The Kier molecular flexibility index (Phi) is 3.58. The first-order chi connectivity index (χ1) is 8.58. The smallest absolute Gasteiger partial charge is 0.240 e. The molecule has 2 aromatic rings. The molecule has 0 aliphatic rings. The predicted molar refractivity (Wildman–Crippen MR) is 61.3 cm³/mol. The third kappa shape index (κ3) is 3.05. The normalized spacial score (nSPS) is 11.6. The van der Waals surface area contributed by atoms with Gasteiger partial charge in [-0.15, -0.1) is 0 Å². The summed E-state index contributed by atoms with van der Waals surface area (Å²) in [4.78, 5) is 3.87. The Bertz CT molecular complexity index is 593. The summed E-state index contributed by atoms with van der Waals surface area (Å²) in [5.41, 5.74) is 0. The number of aromatic hydroxyl groups is 1. The molecule has 0 fully saturated rings. The lowest BCUT2D eigenvalue weighted by molar-refractivity contribution is 0.410. The number of phenols is 1. The van der Waals surface area contributed by atoms with Crippen molar-refractivity contribution in [3.05, 3.63) is 36.5 Å². The summed E-state index contributed by atoms with van der Waals surface area (Å²) >= 11 is 0. The molecule has 1 aromatic heterocycles. The zero-order valence-electron chi connectivity index (χ0n) is 9.28. The summed E-state index contributed by atoms with van der Waals surface area (Å²) in [5.74, 6) is 0.448. The highest BCUT2D eigenvalue weighted by molar-refractivity contribution is 7.89. The van der Waals surface area contributed by atoms with Crippen molar-refractivity contribution in [2.75, 3.05) is 6.54 Å². The van der Waals surface area contributed by atoms with Crippen LogP contribution in [0.15, 0.2) is 40.1 Å². The second-order valence-corrected chi connectivity index (χ2v) is 5.26. The van der Waals surface area contributed by atoms with Gasteiger partial charge >= 0.3 is 0 Å². The number of hydrogen-bond acceptors (Lipinski definition) is 6. The molecule has 0 aliphatic heterocycles. The van der Waals surface area contributed by atoms with Crippen molar-refractivity contribution in [2.24, 2.45) is 0 Å². The van der Waals surface area contributed by atoms with Crippen LogP contribution in [-0.4, -0.2) is 30.2 Å². The molecule has 8 heteroatoms. The molecule has 0 amide bonds. The lowest BCUT2D eigenvalue weighted by Gasteiger charge is -2.05. The lowest BCUT2D eigenvalue weighted by Crippen LogP contribution is -2.26. The predicted octanol–water partition coefficient (Wildman–Crippen LogP) is 0.296. The van der Waals surface area contributed by atoms with Crippen molar-refractivity contribution in [1.82, 2.24) is 14.9 Å². The molecule has 1 heterocycles. The molecule has 0 atom stereocenters. The van der Waals surface area contributed by atoms with Crippen molar-refractivity contribution in [3.63, 3.8) is 0 Å². The summed E-state index contributed by atoms with van der Waals surface area (Å²) in [7, 11) is -3.58. The van der Waals surface area contributed by atoms with Gasteiger partial charge in [0.05, 0.1) is 4.90 Å². The Morgan fingerprint density at radius 1 is 1.28 bits per heavy atom. The quantitative estimate of drug-likeness (QED) is 0.808. The molecule has 0 unspecified atom stereocenters. The van der Waals surface area contributed by atoms with Gasteiger partial charge in [-0.05, 0) is 24.3 Å². The van der Waals surface area contributed by atoms with Gasteiger partial charge in [0.1, 0.15) is 5.75 Å². The topological polar surface area (TPSA) is 105 Å². The van der Waals surface area contributed by atoms with Gasteiger partial charge in [0.2, 0.25) is 16.4 Å². The van der Waals surface area contributed by atoms with E-state index >= 15 is 0 Å². The first-order valence-electron chi connectivity index (χ1n) is 5.12. The zero-order valence-corrected chi connectivity index (χ0v) is 10.1. The minimum Gasteiger partial charge on any atom is -0.508 e. The monoisotopic (exact) mass is 269 g/mol. The van der Waals surface area contributed by atoms with E-state index in [1.807, 2.05) is 0 Å². The molecule has 2 N–H and O–H groups in total. The standard InChI is InChI=1S/C10H11N3O4S/c14-8-1-3-9(4-2-8)18(15,16)12-6-5-10-11-7-17-13-10/h1-4,7,12,14H,5-6H2. The molecule has 18 heavy (non-hydrogen) atoms. The molecule has 0 radical (unpaired) electrons. The van der Waals surface area contributed by atoms with Gasteiger partial charge in [0.25, 0.3) is 0 Å². The van der Waals surface area contributed by atoms with Gasteiger partial charge in [0, 0.05) is 13.0 Å². The van der Waals surface area contributed by atoms with Gasteiger partial charge < -0.3 is 9.63 Å². The van der Waals surface area contributed by atoms with Crippen LogP contribution < -0.4 is 4.72 Å². The molecule has 0 bridgehead atoms.